The van der Waals surface area contributed by atoms with Crippen LogP contribution < -0.4 is 5.32 Å². The Balaban J connectivity index is 1.75. The maximum absolute atomic E-state index is 12.9. The van der Waals surface area contributed by atoms with Gasteiger partial charge in [-0.1, -0.05) is 59.5 Å². The van der Waals surface area contributed by atoms with E-state index in [1.807, 2.05) is 36.4 Å². The normalized spacial score (nSPS) is 14.7. The van der Waals surface area contributed by atoms with Crippen LogP contribution in [0.4, 0.5) is 0 Å². The Morgan fingerprint density at radius 2 is 1.79 bits per heavy atom. The van der Waals surface area contributed by atoms with Crippen LogP contribution in [0.3, 0.4) is 0 Å². The van der Waals surface area contributed by atoms with Gasteiger partial charge >= 0.3 is 0 Å². The Labute approximate surface area is 179 Å². The average Bonchev–Trinajstić information content (AvgIpc) is 3.17. The van der Waals surface area contributed by atoms with Crippen LogP contribution in [0.5, 0.6) is 0 Å². The number of nitrogens with one attached hydrogen (secondary N) is 1. The fraction of sp³-hybridized carbons (Fsp3) is 0.348. The Bertz CT molecular complexity index is 1020. The van der Waals surface area contributed by atoms with Crippen LogP contribution in [0.15, 0.2) is 46.9 Å². The molecule has 4 rings (SSSR count). The number of halogens is 1. The number of hydrogen-bond donors (Lipinski definition) is 1. The number of aromatic nitrogens is 3. The molecular formula is C23H25BrN4O. The van der Waals surface area contributed by atoms with Gasteiger partial charge in [0, 0.05) is 16.1 Å². The van der Waals surface area contributed by atoms with Crippen molar-refractivity contribution in [2.24, 2.45) is 0 Å². The zero-order valence-electron chi connectivity index (χ0n) is 16.8. The molecule has 150 valence electrons. The van der Waals surface area contributed by atoms with Gasteiger partial charge in [0.1, 0.15) is 0 Å². The molecule has 5 nitrogen and oxygen atoms in total. The molecule has 0 radical (unpaired) electrons. The summed E-state index contributed by atoms with van der Waals surface area (Å²) in [6, 6.07) is 14.2. The number of nitrogens with zero attached hydrogens (tertiary/aromatic N) is 3. The van der Waals surface area contributed by atoms with E-state index in [9.17, 15) is 4.79 Å². The van der Waals surface area contributed by atoms with Crippen molar-refractivity contribution in [1.29, 1.82) is 0 Å². The molecule has 2 aromatic carbocycles. The van der Waals surface area contributed by atoms with Gasteiger partial charge in [-0.05, 0) is 56.0 Å². The fourth-order valence-electron chi connectivity index (χ4n) is 3.82. The van der Waals surface area contributed by atoms with Crippen LogP contribution in [-0.2, 0) is 0 Å². The van der Waals surface area contributed by atoms with E-state index in [2.05, 4.69) is 51.2 Å². The Kier molecular flexibility index (Phi) is 5.81. The first kappa shape index (κ1) is 19.8. The van der Waals surface area contributed by atoms with Crippen LogP contribution in [0.1, 0.15) is 53.8 Å². The van der Waals surface area contributed by atoms with E-state index in [1.54, 1.807) is 4.68 Å². The van der Waals surface area contributed by atoms with E-state index in [4.69, 9.17) is 0 Å². The van der Waals surface area contributed by atoms with Crippen LogP contribution in [0.2, 0.25) is 0 Å². The summed E-state index contributed by atoms with van der Waals surface area (Å²) in [5.74, 6) is 0.689. The monoisotopic (exact) mass is 452 g/mol. The Morgan fingerprint density at radius 3 is 2.52 bits per heavy atom. The summed E-state index contributed by atoms with van der Waals surface area (Å²) in [5, 5.41) is 7.76. The van der Waals surface area contributed by atoms with Gasteiger partial charge in [0.15, 0.2) is 5.82 Å². The summed E-state index contributed by atoms with van der Waals surface area (Å²) in [6.07, 6.45) is 5.64. The smallest absolute Gasteiger partial charge is 0.291 e. The molecular weight excluding hydrogens is 428 g/mol. The van der Waals surface area contributed by atoms with Crippen LogP contribution in [0.25, 0.3) is 17.1 Å². The van der Waals surface area contributed by atoms with Crippen LogP contribution >= 0.6 is 15.9 Å². The van der Waals surface area contributed by atoms with Crippen molar-refractivity contribution in [3.63, 3.8) is 0 Å². The lowest BCUT2D eigenvalue weighted by molar-refractivity contribution is 0.0917. The quantitative estimate of drug-likeness (QED) is 0.578. The first-order valence-electron chi connectivity index (χ1n) is 10.1. The molecule has 1 saturated carbocycles. The largest absolute Gasteiger partial charge is 0.347 e. The number of carbonyl (C=O) groups excluding carboxylic acids is 1. The third-order valence-corrected chi connectivity index (χ3v) is 6.19. The minimum Gasteiger partial charge on any atom is -0.347 e. The lowest BCUT2D eigenvalue weighted by atomic mass is 9.95. The second-order valence-electron chi connectivity index (χ2n) is 7.71. The second kappa shape index (κ2) is 8.49. The number of carbonyl (C=O) groups is 1. The third-order valence-electron chi connectivity index (χ3n) is 5.66. The highest BCUT2D eigenvalue weighted by atomic mass is 79.9. The molecule has 1 aliphatic rings. The molecule has 0 aliphatic heterocycles. The summed E-state index contributed by atoms with van der Waals surface area (Å²) in [4.78, 5) is 17.5. The lowest BCUT2D eigenvalue weighted by Gasteiger charge is -2.21. The Hall–Kier alpha value is -2.47. The number of aryl methyl sites for hydroxylation is 1. The molecule has 0 spiro atoms. The standard InChI is InChI=1S/C23H25BrN4O/c1-15-7-6-10-20(16(15)2)28-22(17-11-13-18(24)14-12-17)26-21(27-28)23(29)25-19-8-4-3-5-9-19/h6-7,10-14,19H,3-5,8-9H2,1-2H3,(H,25,29). The van der Waals surface area contributed by atoms with E-state index >= 15 is 0 Å². The van der Waals surface area contributed by atoms with Crippen molar-refractivity contribution in [2.75, 3.05) is 0 Å². The van der Waals surface area contributed by atoms with Crippen LogP contribution in [-0.4, -0.2) is 26.7 Å². The summed E-state index contributed by atoms with van der Waals surface area (Å²) in [6.45, 7) is 4.14. The van der Waals surface area contributed by atoms with E-state index < -0.39 is 0 Å². The molecule has 6 heteroatoms. The zero-order valence-corrected chi connectivity index (χ0v) is 18.4. The summed E-state index contributed by atoms with van der Waals surface area (Å²) < 4.78 is 2.79. The first-order chi connectivity index (χ1) is 14.0. The highest BCUT2D eigenvalue weighted by Gasteiger charge is 2.23. The van der Waals surface area contributed by atoms with Crippen LogP contribution in [0, 0.1) is 13.8 Å². The lowest BCUT2D eigenvalue weighted by Crippen LogP contribution is -2.36. The van der Waals surface area contributed by atoms with Gasteiger partial charge in [0.2, 0.25) is 5.82 Å². The van der Waals surface area contributed by atoms with E-state index in [1.165, 1.54) is 24.8 Å². The second-order valence-corrected chi connectivity index (χ2v) is 8.62. The topological polar surface area (TPSA) is 59.8 Å². The number of amides is 1. The summed E-state index contributed by atoms with van der Waals surface area (Å²) in [5.41, 5.74) is 4.15. The molecule has 0 atom stereocenters. The van der Waals surface area contributed by atoms with Crippen molar-refractivity contribution < 1.29 is 4.79 Å². The Morgan fingerprint density at radius 1 is 1.07 bits per heavy atom. The van der Waals surface area contributed by atoms with Crippen molar-refractivity contribution in [1.82, 2.24) is 20.1 Å². The van der Waals surface area contributed by atoms with Gasteiger partial charge in [-0.15, -0.1) is 5.10 Å². The van der Waals surface area contributed by atoms with Gasteiger partial charge < -0.3 is 5.32 Å². The van der Waals surface area contributed by atoms with Gasteiger partial charge in [0.05, 0.1) is 5.69 Å². The van der Waals surface area contributed by atoms with Crippen molar-refractivity contribution in [3.8, 4) is 17.1 Å². The summed E-state index contributed by atoms with van der Waals surface area (Å²) in [7, 11) is 0. The highest BCUT2D eigenvalue weighted by Crippen LogP contribution is 2.26. The molecule has 1 fully saturated rings. The van der Waals surface area contributed by atoms with Crippen molar-refractivity contribution in [2.45, 2.75) is 52.0 Å². The molecule has 1 heterocycles. The predicted octanol–water partition coefficient (Wildman–Crippen LogP) is 5.38. The van der Waals surface area contributed by atoms with E-state index in [0.717, 1.165) is 34.1 Å². The minimum absolute atomic E-state index is 0.195. The maximum atomic E-state index is 12.9. The van der Waals surface area contributed by atoms with Gasteiger partial charge in [0.25, 0.3) is 5.91 Å². The molecule has 1 aromatic heterocycles. The molecule has 1 N–H and O–H groups in total. The number of benzene rings is 2. The van der Waals surface area contributed by atoms with Gasteiger partial charge in [-0.2, -0.15) is 0 Å². The van der Waals surface area contributed by atoms with Gasteiger partial charge in [-0.3, -0.25) is 4.79 Å². The fourth-order valence-corrected chi connectivity index (χ4v) is 4.09. The molecule has 0 unspecified atom stereocenters. The average molecular weight is 453 g/mol. The highest BCUT2D eigenvalue weighted by molar-refractivity contribution is 9.10. The minimum atomic E-state index is -0.195. The SMILES string of the molecule is Cc1cccc(-n2nc(C(=O)NC3CCCCC3)nc2-c2ccc(Br)cc2)c1C. The molecule has 0 saturated heterocycles. The molecule has 1 aliphatic carbocycles. The molecule has 3 aromatic rings. The number of hydrogen-bond acceptors (Lipinski definition) is 3. The molecule has 29 heavy (non-hydrogen) atoms. The number of rotatable bonds is 4. The van der Waals surface area contributed by atoms with E-state index in [0.29, 0.717) is 5.82 Å². The molecule has 1 amide bonds. The van der Waals surface area contributed by atoms with Gasteiger partial charge in [-0.25, -0.2) is 9.67 Å². The van der Waals surface area contributed by atoms with Crippen molar-refractivity contribution >= 4 is 21.8 Å². The maximum Gasteiger partial charge on any atom is 0.291 e. The first-order valence-corrected chi connectivity index (χ1v) is 10.9. The van der Waals surface area contributed by atoms with Crippen molar-refractivity contribution in [3.05, 3.63) is 63.9 Å². The zero-order chi connectivity index (χ0) is 20.4. The van der Waals surface area contributed by atoms with E-state index in [-0.39, 0.29) is 17.8 Å². The summed E-state index contributed by atoms with van der Waals surface area (Å²) >= 11 is 3.48. The molecule has 0 bridgehead atoms. The third kappa shape index (κ3) is 4.27. The predicted molar refractivity (Wildman–Crippen MR) is 118 cm³/mol.